The molecular weight excluding hydrogens is 460 g/mol. The van der Waals surface area contributed by atoms with E-state index in [0.717, 1.165) is 31.6 Å². The smallest absolute Gasteiger partial charge is 0.198 e. The largest absolute Gasteiger partial charge is 0.393 e. The van der Waals surface area contributed by atoms with Crippen molar-refractivity contribution in [2.45, 2.75) is 131 Å². The third-order valence-electron chi connectivity index (χ3n) is 11.3. The first-order valence-electron chi connectivity index (χ1n) is 15.9. The molecule has 0 aromatic rings. The van der Waals surface area contributed by atoms with Crippen LogP contribution in [0.4, 0.5) is 0 Å². The van der Waals surface area contributed by atoms with Crippen molar-refractivity contribution in [3.05, 3.63) is 11.6 Å². The molecule has 4 aliphatic carbocycles. The summed E-state index contributed by atoms with van der Waals surface area (Å²) in [5.74, 6) is 2.54. The van der Waals surface area contributed by atoms with Crippen LogP contribution in [0.25, 0.3) is 0 Å². The molecule has 1 unspecified atom stereocenters. The van der Waals surface area contributed by atoms with Crippen molar-refractivity contribution in [3.8, 4) is 0 Å². The molecule has 0 aromatic carbocycles. The highest BCUT2D eigenvalue weighted by Crippen LogP contribution is 2.70. The maximum absolute atomic E-state index is 10.5. The average Bonchev–Trinajstić information content (AvgIpc) is 3.04. The Balaban J connectivity index is 1.77. The first-order chi connectivity index (χ1) is 17.6. The van der Waals surface area contributed by atoms with Crippen LogP contribution in [0.15, 0.2) is 11.6 Å². The molecule has 9 atom stereocenters. The minimum Gasteiger partial charge on any atom is -0.393 e. The summed E-state index contributed by atoms with van der Waals surface area (Å²) < 4.78 is 20.5. The summed E-state index contributed by atoms with van der Waals surface area (Å²) in [5.41, 5.74) is 1.86. The molecule has 4 rings (SSSR count). The molecule has 37 heavy (non-hydrogen) atoms. The lowest BCUT2D eigenvalue weighted by Gasteiger charge is -2.58. The molecule has 4 heteroatoms. The number of hydrogen-bond acceptors (Lipinski definition) is 4. The fraction of sp³-hybridized carbons (Fsp3) is 0.939. The minimum atomic E-state index is -0.682. The second-order valence-corrected chi connectivity index (χ2v) is 13.9. The van der Waals surface area contributed by atoms with Crippen molar-refractivity contribution in [3.63, 3.8) is 0 Å². The topological polar surface area (TPSA) is 47.9 Å². The SMILES string of the molecule is CCOC1[C@H]2[C@@H]3CC=C4C[C@@H](O)CC[C@]4(C)[C@H]3CC[C@]2(C)[C@@H]([C@H](C)CCCC(C)C)C1(OCC)OCC. The zero-order chi connectivity index (χ0) is 27.0. The fourth-order valence-electron chi connectivity index (χ4n) is 10.0. The number of aliphatic hydroxyl groups excluding tert-OH is 1. The van der Waals surface area contributed by atoms with Crippen molar-refractivity contribution >= 4 is 0 Å². The van der Waals surface area contributed by atoms with Crippen LogP contribution in [-0.4, -0.2) is 42.9 Å². The van der Waals surface area contributed by atoms with E-state index in [2.05, 4.69) is 61.5 Å². The molecule has 214 valence electrons. The predicted octanol–water partition coefficient (Wildman–Crippen LogP) is 7.78. The van der Waals surface area contributed by atoms with E-state index < -0.39 is 5.79 Å². The van der Waals surface area contributed by atoms with Gasteiger partial charge < -0.3 is 19.3 Å². The van der Waals surface area contributed by atoms with Crippen LogP contribution in [-0.2, 0) is 14.2 Å². The molecule has 3 saturated carbocycles. The number of aliphatic hydroxyl groups is 1. The zero-order valence-corrected chi connectivity index (χ0v) is 25.4. The van der Waals surface area contributed by atoms with Gasteiger partial charge in [-0.05, 0) is 99.7 Å². The predicted molar refractivity (Wildman–Crippen MR) is 151 cm³/mol. The number of allylic oxidation sites excluding steroid dienone is 1. The van der Waals surface area contributed by atoms with E-state index in [0.29, 0.717) is 49.4 Å². The van der Waals surface area contributed by atoms with Gasteiger partial charge in [-0.3, -0.25) is 0 Å². The monoisotopic (exact) mass is 518 g/mol. The second kappa shape index (κ2) is 11.6. The Morgan fingerprint density at radius 1 is 0.973 bits per heavy atom. The van der Waals surface area contributed by atoms with Gasteiger partial charge in [0.15, 0.2) is 5.79 Å². The standard InChI is InChI=1S/C33H58O4/c1-9-35-30-28-26-16-15-24-21-25(34)17-19-31(24,7)27(26)18-20-32(28,8)29(23(6)14-12-13-22(4)5)33(30,36-10-2)37-11-3/h15,22-23,25-30,34H,9-14,16-21H2,1-8H3/t23-,25+,26-,27+,28-,29-,30?,31+,32+/m1/s1. The number of fused-ring (bicyclic) bond motifs is 5. The maximum Gasteiger partial charge on any atom is 0.198 e. The Labute approximate surface area is 228 Å². The van der Waals surface area contributed by atoms with Crippen LogP contribution in [0.2, 0.25) is 0 Å². The lowest BCUT2D eigenvalue weighted by molar-refractivity contribution is -0.310. The summed E-state index contributed by atoms with van der Waals surface area (Å²) in [7, 11) is 0. The normalized spacial score (nSPS) is 41.6. The minimum absolute atomic E-state index is 0.0412. The molecule has 3 fully saturated rings. The number of ether oxygens (including phenoxy) is 3. The van der Waals surface area contributed by atoms with Gasteiger partial charge in [-0.1, -0.05) is 65.5 Å². The second-order valence-electron chi connectivity index (χ2n) is 13.9. The first-order valence-corrected chi connectivity index (χ1v) is 15.9. The van der Waals surface area contributed by atoms with Crippen LogP contribution in [0.5, 0.6) is 0 Å². The van der Waals surface area contributed by atoms with E-state index in [1.165, 1.54) is 37.7 Å². The lowest BCUT2D eigenvalue weighted by Crippen LogP contribution is -2.54. The van der Waals surface area contributed by atoms with Gasteiger partial charge in [0.05, 0.1) is 6.10 Å². The quantitative estimate of drug-likeness (QED) is 0.224. The molecular formula is C33H58O4. The van der Waals surface area contributed by atoms with Crippen molar-refractivity contribution in [1.29, 1.82) is 0 Å². The van der Waals surface area contributed by atoms with E-state index in [9.17, 15) is 5.11 Å². The Hall–Kier alpha value is -0.420. The van der Waals surface area contributed by atoms with Gasteiger partial charge in [-0.25, -0.2) is 0 Å². The van der Waals surface area contributed by atoms with Crippen molar-refractivity contribution in [2.75, 3.05) is 19.8 Å². The molecule has 0 spiro atoms. The van der Waals surface area contributed by atoms with Gasteiger partial charge in [0, 0.05) is 25.7 Å². The third kappa shape index (κ3) is 5.00. The van der Waals surface area contributed by atoms with Gasteiger partial charge in [-0.15, -0.1) is 0 Å². The van der Waals surface area contributed by atoms with Crippen molar-refractivity contribution in [2.24, 2.45) is 46.3 Å². The molecule has 0 radical (unpaired) electrons. The third-order valence-corrected chi connectivity index (χ3v) is 11.3. The molecule has 4 nitrogen and oxygen atoms in total. The van der Waals surface area contributed by atoms with E-state index in [4.69, 9.17) is 14.2 Å². The molecule has 0 bridgehead atoms. The summed E-state index contributed by atoms with van der Waals surface area (Å²) in [6, 6.07) is 0. The molecule has 0 aliphatic heterocycles. The van der Waals surface area contributed by atoms with Gasteiger partial charge in [0.1, 0.15) is 6.10 Å². The summed E-state index contributed by atoms with van der Waals surface area (Å²) >= 11 is 0. The van der Waals surface area contributed by atoms with Crippen LogP contribution < -0.4 is 0 Å². The van der Waals surface area contributed by atoms with Gasteiger partial charge in [0.2, 0.25) is 0 Å². The lowest BCUT2D eigenvalue weighted by atomic mass is 9.46. The average molecular weight is 519 g/mol. The summed E-state index contributed by atoms with van der Waals surface area (Å²) in [6.07, 6.45) is 12.6. The Bertz CT molecular complexity index is 785. The first kappa shape index (κ1) is 29.6. The molecule has 4 aliphatic rings. The highest BCUT2D eigenvalue weighted by molar-refractivity contribution is 5.27. The summed E-state index contributed by atoms with van der Waals surface area (Å²) in [4.78, 5) is 0. The van der Waals surface area contributed by atoms with Crippen LogP contribution in [0, 0.1) is 46.3 Å². The van der Waals surface area contributed by atoms with Crippen LogP contribution in [0.3, 0.4) is 0 Å². The maximum atomic E-state index is 10.5. The van der Waals surface area contributed by atoms with Crippen molar-refractivity contribution in [1.82, 2.24) is 0 Å². The Morgan fingerprint density at radius 3 is 2.30 bits per heavy atom. The summed E-state index contributed by atoms with van der Waals surface area (Å²) in [5, 5.41) is 10.5. The fourth-order valence-corrected chi connectivity index (χ4v) is 10.0. The van der Waals surface area contributed by atoms with E-state index >= 15 is 0 Å². The number of rotatable bonds is 11. The molecule has 0 aromatic heterocycles. The molecule has 0 saturated heterocycles. The molecule has 0 amide bonds. The van der Waals surface area contributed by atoms with Crippen molar-refractivity contribution < 1.29 is 19.3 Å². The van der Waals surface area contributed by atoms with E-state index in [1.807, 2.05) is 0 Å². The number of hydrogen-bond donors (Lipinski definition) is 1. The zero-order valence-electron chi connectivity index (χ0n) is 25.4. The van der Waals surface area contributed by atoms with Gasteiger partial charge in [-0.2, -0.15) is 0 Å². The highest BCUT2D eigenvalue weighted by atomic mass is 16.7. The van der Waals surface area contributed by atoms with Gasteiger partial charge in [0.25, 0.3) is 0 Å². The Kier molecular flexibility index (Phi) is 9.26. The van der Waals surface area contributed by atoms with E-state index in [-0.39, 0.29) is 23.0 Å². The molecule has 0 heterocycles. The summed E-state index contributed by atoms with van der Waals surface area (Å²) in [6.45, 7) is 20.6. The Morgan fingerprint density at radius 2 is 1.68 bits per heavy atom. The van der Waals surface area contributed by atoms with Crippen LogP contribution >= 0.6 is 0 Å². The van der Waals surface area contributed by atoms with Crippen LogP contribution in [0.1, 0.15) is 113 Å². The highest BCUT2D eigenvalue weighted by Gasteiger charge is 2.73. The van der Waals surface area contributed by atoms with Gasteiger partial charge >= 0.3 is 0 Å². The van der Waals surface area contributed by atoms with E-state index in [1.54, 1.807) is 0 Å². The molecule has 1 N–H and O–H groups in total.